The number of carboxylic acids is 1. The zero-order valence-corrected chi connectivity index (χ0v) is 12.3. The van der Waals surface area contributed by atoms with E-state index in [2.05, 4.69) is 0 Å². The van der Waals surface area contributed by atoms with Crippen molar-refractivity contribution in [1.82, 2.24) is 4.31 Å². The molecule has 0 atom stereocenters. The maximum Gasteiger partial charge on any atom is 0.335 e. The Morgan fingerprint density at radius 2 is 2.00 bits per heavy atom. The molecule has 0 aliphatic carbocycles. The summed E-state index contributed by atoms with van der Waals surface area (Å²) in [6.45, 7) is 0.438. The number of sulfonamides is 1. The zero-order chi connectivity index (χ0) is 15.3. The lowest BCUT2D eigenvalue weighted by Crippen LogP contribution is -2.30. The van der Waals surface area contributed by atoms with Crippen LogP contribution >= 0.6 is 0 Å². The number of hydrogen-bond donors (Lipinski definition) is 1. The molecule has 0 amide bonds. The van der Waals surface area contributed by atoms with Gasteiger partial charge in [0.1, 0.15) is 10.6 Å². The molecule has 0 aromatic heterocycles. The highest BCUT2D eigenvalue weighted by molar-refractivity contribution is 7.89. The number of carboxylic acid groups (broad SMARTS) is 1. The van der Waals surface area contributed by atoms with Crippen LogP contribution in [0.2, 0.25) is 0 Å². The zero-order valence-electron chi connectivity index (χ0n) is 11.5. The van der Waals surface area contributed by atoms with Gasteiger partial charge in [-0.25, -0.2) is 13.2 Å². The Labute approximate surface area is 117 Å². The number of nitrogens with zero attached hydrogens (tertiary/aromatic N) is 1. The summed E-state index contributed by atoms with van der Waals surface area (Å²) in [4.78, 5) is 10.8. The third kappa shape index (κ3) is 3.47. The van der Waals surface area contributed by atoms with Crippen molar-refractivity contribution >= 4 is 16.0 Å². The van der Waals surface area contributed by atoms with Crippen molar-refractivity contribution < 1.29 is 27.8 Å². The number of likely N-dealkylation sites (N-methyl/N-ethyl adjacent to an activating group) is 1. The number of aromatic carboxylic acids is 1. The van der Waals surface area contributed by atoms with Crippen LogP contribution in [0.3, 0.4) is 0 Å². The summed E-state index contributed by atoms with van der Waals surface area (Å²) in [5.74, 6) is -1.16. The number of rotatable bonds is 7. The molecular formula is C12H17NO6S. The Hall–Kier alpha value is -1.64. The topological polar surface area (TPSA) is 93.1 Å². The predicted molar refractivity (Wildman–Crippen MR) is 71.6 cm³/mol. The second-order valence-corrected chi connectivity index (χ2v) is 6.00. The average Bonchev–Trinajstić information content (AvgIpc) is 2.43. The number of ether oxygens (including phenoxy) is 2. The highest BCUT2D eigenvalue weighted by atomic mass is 32.2. The summed E-state index contributed by atoms with van der Waals surface area (Å²) >= 11 is 0. The summed E-state index contributed by atoms with van der Waals surface area (Å²) in [5, 5.41) is 8.89. The SMILES string of the molecule is COCCN(C)S(=O)(=O)c1ccc(C(=O)O)cc1OC. The highest BCUT2D eigenvalue weighted by Gasteiger charge is 2.25. The molecule has 0 bridgehead atoms. The molecular weight excluding hydrogens is 286 g/mol. The van der Waals surface area contributed by atoms with Gasteiger partial charge in [-0.3, -0.25) is 0 Å². The van der Waals surface area contributed by atoms with Gasteiger partial charge in [0.05, 0.1) is 19.3 Å². The first-order valence-corrected chi connectivity index (χ1v) is 7.15. The maximum atomic E-state index is 12.3. The fraction of sp³-hybridized carbons (Fsp3) is 0.417. The van der Waals surface area contributed by atoms with Gasteiger partial charge in [0, 0.05) is 20.7 Å². The number of hydrogen-bond acceptors (Lipinski definition) is 5. The van der Waals surface area contributed by atoms with Gasteiger partial charge in [0.25, 0.3) is 0 Å². The van der Waals surface area contributed by atoms with E-state index in [0.29, 0.717) is 0 Å². The lowest BCUT2D eigenvalue weighted by Gasteiger charge is -2.18. The largest absolute Gasteiger partial charge is 0.495 e. The minimum Gasteiger partial charge on any atom is -0.495 e. The van der Waals surface area contributed by atoms with Crippen molar-refractivity contribution in [1.29, 1.82) is 0 Å². The van der Waals surface area contributed by atoms with Gasteiger partial charge in [-0.05, 0) is 18.2 Å². The van der Waals surface area contributed by atoms with Crippen molar-refractivity contribution in [2.75, 3.05) is 34.4 Å². The summed E-state index contributed by atoms with van der Waals surface area (Å²) in [6, 6.07) is 3.63. The molecule has 0 spiro atoms. The van der Waals surface area contributed by atoms with Crippen LogP contribution in [0.15, 0.2) is 23.1 Å². The van der Waals surface area contributed by atoms with Gasteiger partial charge in [-0.1, -0.05) is 0 Å². The molecule has 8 heteroatoms. The molecule has 20 heavy (non-hydrogen) atoms. The van der Waals surface area contributed by atoms with Gasteiger partial charge in [-0.2, -0.15) is 4.31 Å². The molecule has 1 rings (SSSR count). The van der Waals surface area contributed by atoms with Crippen LogP contribution in [0.1, 0.15) is 10.4 Å². The van der Waals surface area contributed by atoms with E-state index in [-0.39, 0.29) is 29.4 Å². The van der Waals surface area contributed by atoms with E-state index in [1.165, 1.54) is 39.5 Å². The smallest absolute Gasteiger partial charge is 0.335 e. The molecule has 112 valence electrons. The molecule has 0 saturated carbocycles. The fourth-order valence-corrected chi connectivity index (χ4v) is 2.81. The van der Waals surface area contributed by atoms with Gasteiger partial charge >= 0.3 is 5.97 Å². The van der Waals surface area contributed by atoms with E-state index in [1.54, 1.807) is 0 Å². The third-order valence-electron chi connectivity index (χ3n) is 2.71. The molecule has 0 heterocycles. The monoisotopic (exact) mass is 303 g/mol. The summed E-state index contributed by atoms with van der Waals surface area (Å²) in [7, 11) is 0.416. The van der Waals surface area contributed by atoms with Crippen LogP contribution in [-0.4, -0.2) is 58.2 Å². The van der Waals surface area contributed by atoms with Crippen molar-refractivity contribution in [3.63, 3.8) is 0 Å². The van der Waals surface area contributed by atoms with Gasteiger partial charge in [0.15, 0.2) is 0 Å². The second kappa shape index (κ2) is 6.69. The van der Waals surface area contributed by atoms with E-state index >= 15 is 0 Å². The molecule has 0 fully saturated rings. The normalized spacial score (nSPS) is 11.6. The van der Waals surface area contributed by atoms with Crippen LogP contribution in [0.25, 0.3) is 0 Å². The van der Waals surface area contributed by atoms with Crippen molar-refractivity contribution in [3.8, 4) is 5.75 Å². The fourth-order valence-electron chi connectivity index (χ4n) is 1.52. The van der Waals surface area contributed by atoms with E-state index in [4.69, 9.17) is 14.6 Å². The van der Waals surface area contributed by atoms with E-state index in [1.807, 2.05) is 0 Å². The number of methoxy groups -OCH3 is 2. The Balaban J connectivity index is 3.21. The van der Waals surface area contributed by atoms with Crippen molar-refractivity contribution in [2.45, 2.75) is 4.90 Å². The van der Waals surface area contributed by atoms with Crippen LogP contribution in [0, 0.1) is 0 Å². The van der Waals surface area contributed by atoms with Crippen LogP contribution in [-0.2, 0) is 14.8 Å². The Kier molecular flexibility index (Phi) is 5.49. The minimum absolute atomic E-state index is 0.00540. The molecule has 7 nitrogen and oxygen atoms in total. The summed E-state index contributed by atoms with van der Waals surface area (Å²) in [5.41, 5.74) is -0.0413. The lowest BCUT2D eigenvalue weighted by molar-refractivity contribution is 0.0696. The lowest BCUT2D eigenvalue weighted by atomic mass is 10.2. The number of carbonyl (C=O) groups is 1. The molecule has 0 radical (unpaired) electrons. The molecule has 0 aliphatic heterocycles. The Morgan fingerprint density at radius 1 is 1.35 bits per heavy atom. The van der Waals surface area contributed by atoms with Crippen LogP contribution < -0.4 is 4.74 Å². The second-order valence-electron chi connectivity index (χ2n) is 3.99. The molecule has 0 aliphatic rings. The highest BCUT2D eigenvalue weighted by Crippen LogP contribution is 2.27. The van der Waals surface area contributed by atoms with E-state index < -0.39 is 16.0 Å². The Morgan fingerprint density at radius 3 is 2.50 bits per heavy atom. The minimum atomic E-state index is -3.76. The van der Waals surface area contributed by atoms with Gasteiger partial charge < -0.3 is 14.6 Å². The first-order chi connectivity index (χ1) is 9.34. The van der Waals surface area contributed by atoms with Crippen molar-refractivity contribution in [3.05, 3.63) is 23.8 Å². The third-order valence-corrected chi connectivity index (χ3v) is 4.61. The summed E-state index contributed by atoms with van der Waals surface area (Å²) in [6.07, 6.45) is 0. The van der Waals surface area contributed by atoms with Gasteiger partial charge in [0.2, 0.25) is 10.0 Å². The first-order valence-electron chi connectivity index (χ1n) is 5.71. The average molecular weight is 303 g/mol. The predicted octanol–water partition coefficient (Wildman–Crippen LogP) is 0.660. The molecule has 1 aromatic carbocycles. The van der Waals surface area contributed by atoms with Gasteiger partial charge in [-0.15, -0.1) is 0 Å². The van der Waals surface area contributed by atoms with E-state index in [0.717, 1.165) is 4.31 Å². The summed E-state index contributed by atoms with van der Waals surface area (Å²) < 4.78 is 35.6. The molecule has 1 aromatic rings. The van der Waals surface area contributed by atoms with Crippen molar-refractivity contribution in [2.24, 2.45) is 0 Å². The van der Waals surface area contributed by atoms with Crippen LogP contribution in [0.5, 0.6) is 5.75 Å². The first kappa shape index (κ1) is 16.4. The molecule has 1 N–H and O–H groups in total. The molecule has 0 unspecified atom stereocenters. The Bertz CT molecular complexity index is 584. The van der Waals surface area contributed by atoms with E-state index in [9.17, 15) is 13.2 Å². The standard InChI is InChI=1S/C12H17NO6S/c1-13(6-7-18-2)20(16,17)11-5-4-9(12(14)15)8-10(11)19-3/h4-5,8H,6-7H2,1-3H3,(H,14,15). The quantitative estimate of drug-likeness (QED) is 0.795. The number of benzene rings is 1. The maximum absolute atomic E-state index is 12.3. The van der Waals surface area contributed by atoms with Crippen LogP contribution in [0.4, 0.5) is 0 Å². The molecule has 0 saturated heterocycles.